The molecule has 1 aromatic rings. The number of hydrogen-bond acceptors (Lipinski definition) is 4. The quantitative estimate of drug-likeness (QED) is 0.813. The lowest BCUT2D eigenvalue weighted by Gasteiger charge is -2.35. The van der Waals surface area contributed by atoms with E-state index in [9.17, 15) is 13.6 Å². The summed E-state index contributed by atoms with van der Waals surface area (Å²) in [6.45, 7) is 3.10. The lowest BCUT2D eigenvalue weighted by Crippen LogP contribution is -2.52. The summed E-state index contributed by atoms with van der Waals surface area (Å²) in [6.07, 6.45) is -0.389. The standard InChI is InChI=1S/C14H18ClF2N3OS.2ClH/c15-12-2-1-10(22-12)8-19-3-5-20(6-4-19)13(21)11-7-14(16,17)9-18-11;;/h1-2,11,18H,3-9H2;2*1H. The van der Waals surface area contributed by atoms with Crippen molar-refractivity contribution in [3.8, 4) is 0 Å². The average Bonchev–Trinajstić information content (AvgIpc) is 3.04. The summed E-state index contributed by atoms with van der Waals surface area (Å²) in [4.78, 5) is 17.4. The van der Waals surface area contributed by atoms with Crippen molar-refractivity contribution in [1.29, 1.82) is 0 Å². The Bertz CT molecular complexity index is 553. The van der Waals surface area contributed by atoms with Gasteiger partial charge in [-0.1, -0.05) is 11.6 Å². The second-order valence-corrected chi connectivity index (χ2v) is 7.60. The molecule has 0 saturated carbocycles. The molecule has 4 nitrogen and oxygen atoms in total. The van der Waals surface area contributed by atoms with Crippen LogP contribution in [0.3, 0.4) is 0 Å². The van der Waals surface area contributed by atoms with Crippen molar-refractivity contribution in [2.45, 2.75) is 24.9 Å². The van der Waals surface area contributed by atoms with E-state index in [4.69, 9.17) is 11.6 Å². The molecule has 0 radical (unpaired) electrons. The van der Waals surface area contributed by atoms with Crippen molar-refractivity contribution < 1.29 is 13.6 Å². The number of carbonyl (C=O) groups is 1. The average molecular weight is 423 g/mol. The van der Waals surface area contributed by atoms with E-state index < -0.39 is 18.5 Å². The van der Waals surface area contributed by atoms with Gasteiger partial charge in [0.25, 0.3) is 5.92 Å². The Kier molecular flexibility index (Phi) is 8.16. The number of piperazine rings is 1. The summed E-state index contributed by atoms with van der Waals surface area (Å²) in [5, 5.41) is 2.63. The third-order valence-electron chi connectivity index (χ3n) is 4.10. The number of nitrogens with zero attached hydrogens (tertiary/aromatic N) is 2. The van der Waals surface area contributed by atoms with Crippen molar-refractivity contribution in [2.24, 2.45) is 0 Å². The number of rotatable bonds is 3. The van der Waals surface area contributed by atoms with Gasteiger partial charge >= 0.3 is 0 Å². The van der Waals surface area contributed by atoms with Crippen LogP contribution >= 0.6 is 47.8 Å². The Hall–Kier alpha value is -0.180. The molecule has 2 aliphatic rings. The van der Waals surface area contributed by atoms with Crippen LogP contribution in [0.1, 0.15) is 11.3 Å². The molecular formula is C14H20Cl3F2N3OS. The van der Waals surface area contributed by atoms with Crippen LogP contribution < -0.4 is 5.32 Å². The monoisotopic (exact) mass is 421 g/mol. The van der Waals surface area contributed by atoms with Crippen molar-refractivity contribution in [3.05, 3.63) is 21.3 Å². The van der Waals surface area contributed by atoms with Gasteiger partial charge in [-0.2, -0.15) is 0 Å². The molecule has 1 atom stereocenters. The summed E-state index contributed by atoms with van der Waals surface area (Å²) >= 11 is 7.48. The topological polar surface area (TPSA) is 35.6 Å². The van der Waals surface area contributed by atoms with Gasteiger partial charge in [0.2, 0.25) is 5.91 Å². The van der Waals surface area contributed by atoms with Crippen LogP contribution in [0.2, 0.25) is 4.34 Å². The van der Waals surface area contributed by atoms with Crippen molar-refractivity contribution in [2.75, 3.05) is 32.7 Å². The maximum Gasteiger partial charge on any atom is 0.262 e. The third kappa shape index (κ3) is 5.41. The summed E-state index contributed by atoms with van der Waals surface area (Å²) in [6, 6.07) is 3.15. The molecule has 1 amide bonds. The van der Waals surface area contributed by atoms with Crippen LogP contribution in [-0.4, -0.2) is 60.4 Å². The minimum Gasteiger partial charge on any atom is -0.339 e. The number of amides is 1. The Morgan fingerprint density at radius 1 is 1.29 bits per heavy atom. The van der Waals surface area contributed by atoms with E-state index in [1.807, 2.05) is 12.1 Å². The molecule has 1 unspecified atom stereocenters. The first kappa shape index (κ1) is 21.9. The number of halogens is 5. The van der Waals surface area contributed by atoms with Crippen molar-refractivity contribution in [1.82, 2.24) is 15.1 Å². The zero-order chi connectivity index (χ0) is 15.7. The largest absolute Gasteiger partial charge is 0.339 e. The van der Waals surface area contributed by atoms with Crippen LogP contribution in [0.4, 0.5) is 8.78 Å². The molecule has 1 aromatic heterocycles. The summed E-state index contributed by atoms with van der Waals surface area (Å²) in [5.74, 6) is -2.96. The van der Waals surface area contributed by atoms with E-state index in [-0.39, 0.29) is 37.1 Å². The van der Waals surface area contributed by atoms with Crippen LogP contribution in [0, 0.1) is 0 Å². The minimum atomic E-state index is -2.76. The van der Waals surface area contributed by atoms with Gasteiger partial charge in [-0.3, -0.25) is 15.0 Å². The highest BCUT2D eigenvalue weighted by Gasteiger charge is 2.43. The zero-order valence-electron chi connectivity index (χ0n) is 12.8. The molecule has 2 saturated heterocycles. The normalized spacial score (nSPS) is 23.5. The van der Waals surface area contributed by atoms with Gasteiger partial charge in [-0.25, -0.2) is 8.78 Å². The first-order valence-corrected chi connectivity index (χ1v) is 8.49. The molecule has 138 valence electrons. The Morgan fingerprint density at radius 2 is 1.96 bits per heavy atom. The maximum absolute atomic E-state index is 13.2. The van der Waals surface area contributed by atoms with Gasteiger partial charge in [0.1, 0.15) is 0 Å². The smallest absolute Gasteiger partial charge is 0.262 e. The molecule has 3 heterocycles. The van der Waals surface area contributed by atoms with Gasteiger partial charge in [0, 0.05) is 44.0 Å². The molecule has 2 aliphatic heterocycles. The first-order chi connectivity index (χ1) is 10.4. The van der Waals surface area contributed by atoms with E-state index in [2.05, 4.69) is 10.2 Å². The van der Waals surface area contributed by atoms with E-state index >= 15 is 0 Å². The molecule has 3 rings (SSSR count). The summed E-state index contributed by atoms with van der Waals surface area (Å²) in [7, 11) is 0. The van der Waals surface area contributed by atoms with Crippen LogP contribution in [-0.2, 0) is 11.3 Å². The van der Waals surface area contributed by atoms with Gasteiger partial charge in [-0.05, 0) is 12.1 Å². The fourth-order valence-corrected chi connectivity index (χ4v) is 4.02. The lowest BCUT2D eigenvalue weighted by atomic mass is 10.1. The highest BCUT2D eigenvalue weighted by molar-refractivity contribution is 7.16. The predicted molar refractivity (Wildman–Crippen MR) is 97.0 cm³/mol. The van der Waals surface area contributed by atoms with Gasteiger partial charge in [-0.15, -0.1) is 36.2 Å². The molecule has 0 aromatic carbocycles. The second kappa shape index (κ2) is 8.96. The minimum absolute atomic E-state index is 0. The third-order valence-corrected chi connectivity index (χ3v) is 5.32. The Balaban J connectivity index is 0.00000144. The number of hydrogen-bond donors (Lipinski definition) is 1. The molecule has 0 bridgehead atoms. The molecule has 0 spiro atoms. The van der Waals surface area contributed by atoms with Crippen LogP contribution in [0.25, 0.3) is 0 Å². The second-order valence-electron chi connectivity index (χ2n) is 5.80. The van der Waals surface area contributed by atoms with Crippen LogP contribution in [0.15, 0.2) is 12.1 Å². The Labute approximate surface area is 161 Å². The van der Waals surface area contributed by atoms with Crippen LogP contribution in [0.5, 0.6) is 0 Å². The van der Waals surface area contributed by atoms with E-state index in [1.54, 1.807) is 16.2 Å². The number of thiophene rings is 1. The lowest BCUT2D eigenvalue weighted by molar-refractivity contribution is -0.135. The van der Waals surface area contributed by atoms with E-state index in [0.29, 0.717) is 13.1 Å². The summed E-state index contributed by atoms with van der Waals surface area (Å²) < 4.78 is 27.1. The number of nitrogens with one attached hydrogen (secondary N) is 1. The van der Waals surface area contributed by atoms with Crippen molar-refractivity contribution >= 4 is 53.7 Å². The van der Waals surface area contributed by atoms with Gasteiger partial charge < -0.3 is 4.90 Å². The zero-order valence-corrected chi connectivity index (χ0v) is 16.0. The Morgan fingerprint density at radius 3 is 2.46 bits per heavy atom. The van der Waals surface area contributed by atoms with Gasteiger partial charge in [0.05, 0.1) is 16.9 Å². The summed E-state index contributed by atoms with van der Waals surface area (Å²) in [5.41, 5.74) is 0. The fraction of sp³-hybridized carbons (Fsp3) is 0.643. The molecule has 1 N–H and O–H groups in total. The SMILES string of the molecule is Cl.Cl.O=C(C1CC(F)(F)CN1)N1CCN(Cc2ccc(Cl)s2)CC1. The fourth-order valence-electron chi connectivity index (χ4n) is 2.89. The molecule has 2 fully saturated rings. The molecule has 10 heteroatoms. The van der Waals surface area contributed by atoms with E-state index in [0.717, 1.165) is 24.0 Å². The van der Waals surface area contributed by atoms with Crippen molar-refractivity contribution in [3.63, 3.8) is 0 Å². The molecule has 24 heavy (non-hydrogen) atoms. The molecular weight excluding hydrogens is 403 g/mol. The maximum atomic E-state index is 13.2. The number of alkyl halides is 2. The highest BCUT2D eigenvalue weighted by atomic mass is 35.5. The number of carbonyl (C=O) groups excluding carboxylic acids is 1. The highest BCUT2D eigenvalue weighted by Crippen LogP contribution is 2.26. The van der Waals surface area contributed by atoms with Gasteiger partial charge in [0.15, 0.2) is 0 Å². The predicted octanol–water partition coefficient (Wildman–Crippen LogP) is 2.89. The van der Waals surface area contributed by atoms with E-state index in [1.165, 1.54) is 4.88 Å². The first-order valence-electron chi connectivity index (χ1n) is 7.29. The molecule has 0 aliphatic carbocycles.